The van der Waals surface area contributed by atoms with Gasteiger partial charge in [-0.25, -0.2) is 21.6 Å². The summed E-state index contributed by atoms with van der Waals surface area (Å²) in [4.78, 5) is 13.2. The molecule has 10 heteroatoms. The third-order valence-electron chi connectivity index (χ3n) is 7.20. The molecule has 0 saturated heterocycles. The lowest BCUT2D eigenvalue weighted by Crippen LogP contribution is -2.54. The van der Waals surface area contributed by atoms with E-state index < -0.39 is 49.7 Å². The summed E-state index contributed by atoms with van der Waals surface area (Å²) in [6.45, 7) is 6.18. The number of hydrogen-bond donors (Lipinski definition) is 3. The lowest BCUT2D eigenvalue weighted by molar-refractivity contribution is -0.124. The van der Waals surface area contributed by atoms with Crippen LogP contribution in [0.15, 0.2) is 47.4 Å². The molecule has 1 aliphatic carbocycles. The maximum absolute atomic E-state index is 13.2. The van der Waals surface area contributed by atoms with Gasteiger partial charge in [-0.05, 0) is 66.3 Å². The molecule has 36 heavy (non-hydrogen) atoms. The van der Waals surface area contributed by atoms with E-state index in [1.54, 1.807) is 18.2 Å². The number of carbonyl (C=O) groups is 1. The number of aliphatic hydroxyl groups is 1. The molecular weight excluding hydrogens is 500 g/mol. The number of hydrogen-bond acceptors (Lipinski definition) is 6. The Bertz CT molecular complexity index is 1290. The molecule has 0 spiro atoms. The number of amides is 1. The van der Waals surface area contributed by atoms with Gasteiger partial charge in [0.2, 0.25) is 15.9 Å². The molecule has 2 aromatic carbocycles. The van der Waals surface area contributed by atoms with E-state index in [9.17, 15) is 26.7 Å². The average Bonchev–Trinajstić information content (AvgIpc) is 3.11. The molecule has 1 fully saturated rings. The van der Waals surface area contributed by atoms with Crippen molar-refractivity contribution in [1.29, 1.82) is 0 Å². The van der Waals surface area contributed by atoms with Crippen molar-refractivity contribution in [1.82, 2.24) is 10.0 Å². The van der Waals surface area contributed by atoms with E-state index in [1.165, 1.54) is 12.1 Å². The van der Waals surface area contributed by atoms with Crippen molar-refractivity contribution in [3.8, 4) is 0 Å². The number of carbonyl (C=O) groups excluding carboxylic acids is 1. The van der Waals surface area contributed by atoms with Gasteiger partial charge in [-0.2, -0.15) is 0 Å². The predicted molar refractivity (Wildman–Crippen MR) is 146 cm³/mol. The van der Waals surface area contributed by atoms with E-state index in [1.807, 2.05) is 19.1 Å². The van der Waals surface area contributed by atoms with Crippen LogP contribution in [0, 0.1) is 17.8 Å². The average molecular weight is 543 g/mol. The molecule has 0 aromatic heterocycles. The van der Waals surface area contributed by atoms with Gasteiger partial charge in [-0.15, -0.1) is 0 Å². The standard InChI is InChI=1S/C26H38N2O6S2.2H2/c1-5-23(25(29)15-21-13-17(2)12-18(21)3)27-26(30)24(28-35(4,31)32)16-36(33,34)22-11-10-19-8-6-7-9-20(19)14-22;;/h6-11,14,17-18,21,23-25,28-29H,5,12-13,15-16H2,1-4H3,(H,27,30);2*1H/t17?,18?,21?,23-,24+,25+;;/m0../s1. The molecule has 8 nitrogen and oxygen atoms in total. The van der Waals surface area contributed by atoms with Crippen LogP contribution >= 0.6 is 0 Å². The third-order valence-corrected chi connectivity index (χ3v) is 9.66. The summed E-state index contributed by atoms with van der Waals surface area (Å²) in [7, 11) is -7.90. The summed E-state index contributed by atoms with van der Waals surface area (Å²) in [5.74, 6) is -0.0960. The lowest BCUT2D eigenvalue weighted by atomic mass is 9.89. The summed E-state index contributed by atoms with van der Waals surface area (Å²) in [5.41, 5.74) is 0. The Kier molecular flexibility index (Phi) is 9.19. The van der Waals surface area contributed by atoms with Crippen molar-refractivity contribution < 1.29 is 29.6 Å². The van der Waals surface area contributed by atoms with E-state index in [0.29, 0.717) is 30.6 Å². The first-order chi connectivity index (χ1) is 16.8. The van der Waals surface area contributed by atoms with Crippen molar-refractivity contribution in [3.05, 3.63) is 42.5 Å². The van der Waals surface area contributed by atoms with Crippen LogP contribution in [-0.2, 0) is 24.7 Å². The Morgan fingerprint density at radius 1 is 1.08 bits per heavy atom. The topological polar surface area (TPSA) is 130 Å². The van der Waals surface area contributed by atoms with E-state index in [4.69, 9.17) is 0 Å². The maximum Gasteiger partial charge on any atom is 0.239 e. The van der Waals surface area contributed by atoms with Gasteiger partial charge in [0.25, 0.3) is 0 Å². The highest BCUT2D eigenvalue weighted by Gasteiger charge is 2.35. The van der Waals surface area contributed by atoms with Crippen LogP contribution in [0.1, 0.15) is 49.3 Å². The summed E-state index contributed by atoms with van der Waals surface area (Å²) in [6, 6.07) is 9.77. The van der Waals surface area contributed by atoms with Crippen LogP contribution in [0.4, 0.5) is 0 Å². The molecule has 1 amide bonds. The molecule has 3 rings (SSSR count). The first kappa shape index (κ1) is 28.6. The second kappa shape index (κ2) is 11.6. The normalized spacial score (nSPS) is 23.3. The van der Waals surface area contributed by atoms with Crippen molar-refractivity contribution in [2.24, 2.45) is 17.8 Å². The van der Waals surface area contributed by atoms with Gasteiger partial charge >= 0.3 is 0 Å². The molecule has 1 aliphatic rings. The summed E-state index contributed by atoms with van der Waals surface area (Å²) in [6.07, 6.45) is 3.15. The third kappa shape index (κ3) is 7.50. The highest BCUT2D eigenvalue weighted by molar-refractivity contribution is 7.91. The Labute approximate surface area is 217 Å². The van der Waals surface area contributed by atoms with E-state index in [-0.39, 0.29) is 7.75 Å². The monoisotopic (exact) mass is 542 g/mol. The number of rotatable bonds is 11. The van der Waals surface area contributed by atoms with Crippen molar-refractivity contribution in [2.75, 3.05) is 12.0 Å². The second-order valence-corrected chi connectivity index (χ2v) is 14.2. The van der Waals surface area contributed by atoms with Crippen LogP contribution in [0.2, 0.25) is 0 Å². The predicted octanol–water partition coefficient (Wildman–Crippen LogP) is 3.35. The number of benzene rings is 2. The fourth-order valence-corrected chi connectivity index (χ4v) is 7.59. The maximum atomic E-state index is 13.2. The van der Waals surface area contributed by atoms with Gasteiger partial charge < -0.3 is 10.4 Å². The fraction of sp³-hybridized carbons (Fsp3) is 0.577. The highest BCUT2D eigenvalue weighted by Crippen LogP contribution is 2.38. The van der Waals surface area contributed by atoms with Gasteiger partial charge in [0.15, 0.2) is 9.84 Å². The smallest absolute Gasteiger partial charge is 0.239 e. The molecule has 0 bridgehead atoms. The SMILES string of the molecule is CC[C@H](NC(=O)[C@@H](CS(=O)(=O)c1ccc2ccccc2c1)NS(C)(=O)=O)[C@H](O)CC1CC(C)CC1C.[HH].[HH]. The minimum atomic E-state index is -4.01. The number of sulfone groups is 1. The largest absolute Gasteiger partial charge is 0.391 e. The second-order valence-electron chi connectivity index (χ2n) is 10.4. The van der Waals surface area contributed by atoms with Gasteiger partial charge in [0, 0.05) is 2.85 Å². The Morgan fingerprint density at radius 3 is 2.33 bits per heavy atom. The Balaban J connectivity index is 0.00000361. The first-order valence-electron chi connectivity index (χ1n) is 12.5. The molecule has 3 unspecified atom stereocenters. The zero-order chi connectivity index (χ0) is 26.7. The van der Waals surface area contributed by atoms with E-state index in [0.717, 1.165) is 29.9 Å². The molecule has 204 valence electrons. The van der Waals surface area contributed by atoms with Crippen molar-refractivity contribution in [2.45, 2.75) is 69.5 Å². The molecule has 0 aliphatic heterocycles. The molecule has 1 saturated carbocycles. The fourth-order valence-electron chi connectivity index (χ4n) is 5.33. The lowest BCUT2D eigenvalue weighted by Gasteiger charge is -2.28. The van der Waals surface area contributed by atoms with Gasteiger partial charge in [-0.1, -0.05) is 51.1 Å². The highest BCUT2D eigenvalue weighted by atomic mass is 32.2. The molecule has 6 atom stereocenters. The van der Waals surface area contributed by atoms with Crippen LogP contribution in [0.3, 0.4) is 0 Å². The molecule has 0 radical (unpaired) electrons. The quantitative estimate of drug-likeness (QED) is 0.399. The number of nitrogens with one attached hydrogen (secondary N) is 2. The van der Waals surface area contributed by atoms with E-state index in [2.05, 4.69) is 23.9 Å². The molecular formula is C26H42N2O6S2. The zero-order valence-electron chi connectivity index (χ0n) is 21.3. The van der Waals surface area contributed by atoms with Crippen molar-refractivity contribution >= 4 is 36.5 Å². The Morgan fingerprint density at radius 2 is 1.75 bits per heavy atom. The van der Waals surface area contributed by atoms with Crippen molar-refractivity contribution in [3.63, 3.8) is 0 Å². The van der Waals surface area contributed by atoms with Crippen LogP contribution in [-0.4, -0.2) is 58.0 Å². The number of aliphatic hydroxyl groups excluding tert-OH is 1. The molecule has 0 heterocycles. The van der Waals surface area contributed by atoms with Gasteiger partial charge in [-0.3, -0.25) is 4.79 Å². The number of sulfonamides is 1. The minimum absolute atomic E-state index is 0. The minimum Gasteiger partial charge on any atom is -0.391 e. The summed E-state index contributed by atoms with van der Waals surface area (Å²) < 4.78 is 52.6. The summed E-state index contributed by atoms with van der Waals surface area (Å²) >= 11 is 0. The Hall–Kier alpha value is -2.01. The number of fused-ring (bicyclic) bond motifs is 1. The molecule has 2 aromatic rings. The van der Waals surface area contributed by atoms with Gasteiger partial charge in [0.05, 0.1) is 29.0 Å². The van der Waals surface area contributed by atoms with Crippen LogP contribution in [0.5, 0.6) is 0 Å². The van der Waals surface area contributed by atoms with Gasteiger partial charge in [0.1, 0.15) is 6.04 Å². The van der Waals surface area contributed by atoms with Crippen LogP contribution in [0.25, 0.3) is 10.8 Å². The van der Waals surface area contributed by atoms with Crippen LogP contribution < -0.4 is 10.0 Å². The first-order valence-corrected chi connectivity index (χ1v) is 16.0. The van der Waals surface area contributed by atoms with E-state index >= 15 is 0 Å². The molecule has 3 N–H and O–H groups in total. The summed E-state index contributed by atoms with van der Waals surface area (Å²) in [5, 5.41) is 15.2. The zero-order valence-corrected chi connectivity index (χ0v) is 23.0.